The van der Waals surface area contributed by atoms with E-state index in [0.29, 0.717) is 6.07 Å². The van der Waals surface area contributed by atoms with Crippen LogP contribution in [0.5, 0.6) is 0 Å². The minimum Gasteiger partial charge on any atom is -0.323 e. The quantitative estimate of drug-likeness (QED) is 0.655. The maximum Gasteiger partial charge on any atom is 0.296 e. The van der Waals surface area contributed by atoms with E-state index in [1.165, 1.54) is 0 Å². The third kappa shape index (κ3) is 3.69. The van der Waals surface area contributed by atoms with Gasteiger partial charge in [0.25, 0.3) is 20.2 Å². The SMILES string of the molecule is O=S(=O)(O)c1ccc(Nc2ncncn2)c(S(=O)(=O)O)c1. The number of rotatable bonds is 4. The summed E-state index contributed by atoms with van der Waals surface area (Å²) < 4.78 is 62.7. The first kappa shape index (κ1) is 15.2. The molecule has 1 aromatic carbocycles. The van der Waals surface area contributed by atoms with Gasteiger partial charge >= 0.3 is 0 Å². The number of aromatic nitrogens is 3. The van der Waals surface area contributed by atoms with Crippen molar-refractivity contribution in [2.75, 3.05) is 5.32 Å². The van der Waals surface area contributed by atoms with E-state index < -0.39 is 30.0 Å². The average molecular weight is 332 g/mol. The Balaban J connectivity index is 2.57. The zero-order chi connectivity index (χ0) is 15.7. The zero-order valence-electron chi connectivity index (χ0n) is 10.1. The molecule has 0 saturated carbocycles. The summed E-state index contributed by atoms with van der Waals surface area (Å²) in [6, 6.07) is 2.59. The van der Waals surface area contributed by atoms with E-state index >= 15 is 0 Å². The van der Waals surface area contributed by atoms with Crippen molar-refractivity contribution >= 4 is 31.9 Å². The summed E-state index contributed by atoms with van der Waals surface area (Å²) in [6.07, 6.45) is 2.30. The van der Waals surface area contributed by atoms with Crippen molar-refractivity contribution in [2.24, 2.45) is 0 Å². The molecule has 0 radical (unpaired) electrons. The first-order valence-electron chi connectivity index (χ1n) is 5.16. The van der Waals surface area contributed by atoms with E-state index in [0.717, 1.165) is 24.8 Å². The monoisotopic (exact) mass is 332 g/mol. The van der Waals surface area contributed by atoms with E-state index in [9.17, 15) is 16.8 Å². The van der Waals surface area contributed by atoms with Crippen molar-refractivity contribution in [3.8, 4) is 0 Å². The molecule has 0 spiro atoms. The largest absolute Gasteiger partial charge is 0.323 e. The van der Waals surface area contributed by atoms with E-state index in [1.54, 1.807) is 0 Å². The number of hydrogen-bond donors (Lipinski definition) is 3. The summed E-state index contributed by atoms with van der Waals surface area (Å²) in [7, 11) is -9.37. The lowest BCUT2D eigenvalue weighted by molar-refractivity contribution is 0.481. The molecule has 0 aliphatic heterocycles. The molecule has 1 heterocycles. The highest BCUT2D eigenvalue weighted by Crippen LogP contribution is 2.26. The summed E-state index contributed by atoms with van der Waals surface area (Å²) >= 11 is 0. The van der Waals surface area contributed by atoms with Gasteiger partial charge in [-0.25, -0.2) is 15.0 Å². The van der Waals surface area contributed by atoms with Gasteiger partial charge in [0.15, 0.2) is 0 Å². The smallest absolute Gasteiger partial charge is 0.296 e. The molecule has 12 heteroatoms. The van der Waals surface area contributed by atoms with E-state index in [1.807, 2.05) is 0 Å². The van der Waals surface area contributed by atoms with Crippen LogP contribution in [0, 0.1) is 0 Å². The Morgan fingerprint density at radius 3 is 2.10 bits per heavy atom. The molecule has 2 aromatic rings. The molecule has 2 rings (SSSR count). The minimum absolute atomic E-state index is 0.0190. The van der Waals surface area contributed by atoms with E-state index in [2.05, 4.69) is 20.3 Å². The molecule has 21 heavy (non-hydrogen) atoms. The van der Waals surface area contributed by atoms with Gasteiger partial charge in [-0.15, -0.1) is 0 Å². The molecule has 0 atom stereocenters. The summed E-state index contributed by atoms with van der Waals surface area (Å²) in [4.78, 5) is 9.51. The summed E-state index contributed by atoms with van der Waals surface area (Å²) in [5.74, 6) is -0.0190. The topological polar surface area (TPSA) is 159 Å². The van der Waals surface area contributed by atoms with Crippen LogP contribution in [0.15, 0.2) is 40.6 Å². The molecule has 1 aromatic heterocycles. The van der Waals surface area contributed by atoms with Crippen LogP contribution in [0.25, 0.3) is 0 Å². The minimum atomic E-state index is -4.75. The highest BCUT2D eigenvalue weighted by molar-refractivity contribution is 7.86. The molecule has 0 unspecified atom stereocenters. The molecular formula is C9H8N4O6S2. The van der Waals surface area contributed by atoms with Crippen molar-refractivity contribution in [3.05, 3.63) is 30.9 Å². The number of nitrogens with one attached hydrogen (secondary N) is 1. The van der Waals surface area contributed by atoms with Gasteiger partial charge in [-0.2, -0.15) is 16.8 Å². The number of benzene rings is 1. The van der Waals surface area contributed by atoms with Crippen molar-refractivity contribution in [1.82, 2.24) is 15.0 Å². The Hall–Kier alpha value is -2.15. The number of nitrogens with zero attached hydrogens (tertiary/aromatic N) is 3. The average Bonchev–Trinajstić information content (AvgIpc) is 2.38. The van der Waals surface area contributed by atoms with Crippen molar-refractivity contribution < 1.29 is 25.9 Å². The van der Waals surface area contributed by atoms with Gasteiger partial charge < -0.3 is 5.32 Å². The van der Waals surface area contributed by atoms with Crippen molar-refractivity contribution in [1.29, 1.82) is 0 Å². The van der Waals surface area contributed by atoms with E-state index in [-0.39, 0.29) is 11.6 Å². The fourth-order valence-electron chi connectivity index (χ4n) is 1.40. The maximum atomic E-state index is 11.3. The molecule has 3 N–H and O–H groups in total. The fourth-order valence-corrected chi connectivity index (χ4v) is 2.66. The fraction of sp³-hybridized carbons (Fsp3) is 0. The predicted octanol–water partition coefficient (Wildman–Crippen LogP) is 0.109. The Morgan fingerprint density at radius 1 is 0.952 bits per heavy atom. The Labute approximate surface area is 119 Å². The van der Waals surface area contributed by atoms with Gasteiger partial charge in [0.05, 0.1) is 10.6 Å². The standard InChI is InChI=1S/C9H8N4O6S2/c14-20(15,16)6-1-2-7(8(3-6)21(17,18)19)13-9-11-4-10-5-12-9/h1-5H,(H,14,15,16)(H,17,18,19)(H,10,11,12,13). The van der Waals surface area contributed by atoms with Crippen LogP contribution >= 0.6 is 0 Å². The molecule has 10 nitrogen and oxygen atoms in total. The van der Waals surface area contributed by atoms with Gasteiger partial charge in [0.1, 0.15) is 17.6 Å². The lowest BCUT2D eigenvalue weighted by Crippen LogP contribution is -2.07. The van der Waals surface area contributed by atoms with Gasteiger partial charge in [-0.3, -0.25) is 9.11 Å². The first-order chi connectivity index (χ1) is 9.68. The predicted molar refractivity (Wildman–Crippen MR) is 69.2 cm³/mol. The molecule has 0 saturated heterocycles. The van der Waals surface area contributed by atoms with Crippen molar-refractivity contribution in [3.63, 3.8) is 0 Å². The second-order valence-electron chi connectivity index (χ2n) is 3.69. The number of hydrogen-bond acceptors (Lipinski definition) is 8. The van der Waals surface area contributed by atoms with Gasteiger partial charge in [0.2, 0.25) is 5.95 Å². The molecule has 0 amide bonds. The zero-order valence-corrected chi connectivity index (χ0v) is 11.7. The van der Waals surface area contributed by atoms with Crippen LogP contribution in [0.2, 0.25) is 0 Å². The van der Waals surface area contributed by atoms with Crippen LogP contribution in [0.4, 0.5) is 11.6 Å². The Morgan fingerprint density at radius 2 is 1.57 bits per heavy atom. The van der Waals surface area contributed by atoms with Crippen LogP contribution < -0.4 is 5.32 Å². The highest BCUT2D eigenvalue weighted by Gasteiger charge is 2.20. The van der Waals surface area contributed by atoms with Crippen molar-refractivity contribution in [2.45, 2.75) is 9.79 Å². The summed E-state index contributed by atoms with van der Waals surface area (Å²) in [6.45, 7) is 0. The molecular weight excluding hydrogens is 324 g/mol. The van der Waals surface area contributed by atoms with Crippen LogP contribution in [-0.4, -0.2) is 40.9 Å². The molecule has 0 bridgehead atoms. The normalized spacial score (nSPS) is 12.1. The first-order valence-corrected chi connectivity index (χ1v) is 8.04. The lowest BCUT2D eigenvalue weighted by Gasteiger charge is -2.09. The van der Waals surface area contributed by atoms with Crippen LogP contribution in [-0.2, 0) is 20.2 Å². The molecule has 0 aliphatic carbocycles. The lowest BCUT2D eigenvalue weighted by atomic mass is 10.3. The Bertz CT molecular complexity index is 866. The van der Waals surface area contributed by atoms with Crippen LogP contribution in [0.1, 0.15) is 0 Å². The molecule has 0 aliphatic rings. The van der Waals surface area contributed by atoms with E-state index in [4.69, 9.17) is 9.11 Å². The third-order valence-electron chi connectivity index (χ3n) is 2.27. The van der Waals surface area contributed by atoms with Crippen LogP contribution in [0.3, 0.4) is 0 Å². The van der Waals surface area contributed by atoms with Gasteiger partial charge in [0, 0.05) is 0 Å². The molecule has 112 valence electrons. The van der Waals surface area contributed by atoms with Gasteiger partial charge in [-0.1, -0.05) is 0 Å². The highest BCUT2D eigenvalue weighted by atomic mass is 32.2. The summed E-state index contributed by atoms with van der Waals surface area (Å²) in [5, 5.41) is 2.48. The Kier molecular flexibility index (Phi) is 3.87. The second kappa shape index (κ2) is 5.33. The maximum absolute atomic E-state index is 11.3. The molecule has 0 fully saturated rings. The third-order valence-corrected chi connectivity index (χ3v) is 4.01. The second-order valence-corrected chi connectivity index (χ2v) is 6.51. The number of anilines is 2. The summed E-state index contributed by atoms with van der Waals surface area (Å²) in [5.41, 5.74) is -0.170. The van der Waals surface area contributed by atoms with Gasteiger partial charge in [-0.05, 0) is 18.2 Å².